The first-order chi connectivity index (χ1) is 17.7. The maximum Gasteiger partial charge on any atom is 0.301 e. The van der Waals surface area contributed by atoms with Gasteiger partial charge in [-0.15, -0.1) is 0 Å². The van der Waals surface area contributed by atoms with Gasteiger partial charge < -0.3 is 14.9 Å². The van der Waals surface area contributed by atoms with Crippen LogP contribution in [0, 0.1) is 11.6 Å². The number of halogens is 3. The third kappa shape index (κ3) is 4.28. The van der Waals surface area contributed by atoms with Crippen LogP contribution in [0.5, 0.6) is 11.5 Å². The minimum absolute atomic E-state index is 0.00494. The Balaban J connectivity index is 1.72. The van der Waals surface area contributed by atoms with Crippen LogP contribution in [-0.4, -0.2) is 33.5 Å². The molecule has 11 heteroatoms. The van der Waals surface area contributed by atoms with Gasteiger partial charge in [-0.3, -0.25) is 14.5 Å². The molecule has 1 saturated heterocycles. The second-order valence-corrected chi connectivity index (χ2v) is 9.49. The minimum atomic E-state index is -1.15. The zero-order valence-electron chi connectivity index (χ0n) is 19.0. The molecule has 188 valence electrons. The fraction of sp³-hybridized carbons (Fsp3) is 0.115. The van der Waals surface area contributed by atoms with Crippen molar-refractivity contribution in [2.75, 3.05) is 11.5 Å². The number of aromatic nitrogens is 1. The first-order valence-corrected chi connectivity index (χ1v) is 12.2. The lowest BCUT2D eigenvalue weighted by Gasteiger charge is -2.23. The molecule has 0 saturated carbocycles. The highest BCUT2D eigenvalue weighted by atomic mass is 35.5. The molecule has 1 aliphatic heterocycles. The molecule has 1 atom stereocenters. The summed E-state index contributed by atoms with van der Waals surface area (Å²) in [6.45, 7) is 2.07. The number of ketones is 1. The van der Waals surface area contributed by atoms with Crippen LogP contribution in [0.25, 0.3) is 16.0 Å². The number of carbonyl (C=O) groups excluding carboxylic acids is 2. The van der Waals surface area contributed by atoms with Gasteiger partial charge in [-0.2, -0.15) is 0 Å². The molecule has 3 aromatic carbocycles. The summed E-state index contributed by atoms with van der Waals surface area (Å²) in [6.07, 6.45) is 0. The molecule has 1 fully saturated rings. The van der Waals surface area contributed by atoms with E-state index in [9.17, 15) is 28.6 Å². The van der Waals surface area contributed by atoms with Gasteiger partial charge in [0, 0.05) is 11.6 Å². The van der Waals surface area contributed by atoms with E-state index in [2.05, 4.69) is 4.98 Å². The highest BCUT2D eigenvalue weighted by Crippen LogP contribution is 2.45. The van der Waals surface area contributed by atoms with E-state index in [4.69, 9.17) is 16.3 Å². The van der Waals surface area contributed by atoms with Crippen molar-refractivity contribution in [2.45, 2.75) is 13.0 Å². The third-order valence-electron chi connectivity index (χ3n) is 5.78. The Morgan fingerprint density at radius 3 is 2.51 bits per heavy atom. The van der Waals surface area contributed by atoms with Crippen LogP contribution in [0.1, 0.15) is 24.1 Å². The second kappa shape index (κ2) is 9.45. The predicted molar refractivity (Wildman–Crippen MR) is 135 cm³/mol. The Morgan fingerprint density at radius 2 is 1.81 bits per heavy atom. The minimum Gasteiger partial charge on any atom is -0.508 e. The predicted octanol–water partition coefficient (Wildman–Crippen LogP) is 5.96. The number of fused-ring (bicyclic) bond motifs is 1. The van der Waals surface area contributed by atoms with E-state index in [0.717, 1.165) is 28.4 Å². The summed E-state index contributed by atoms with van der Waals surface area (Å²) in [5, 5.41) is 21.3. The fourth-order valence-corrected chi connectivity index (χ4v) is 5.26. The molecule has 2 heterocycles. The number of rotatable bonds is 5. The lowest BCUT2D eigenvalue weighted by molar-refractivity contribution is -0.132. The molecule has 0 aliphatic carbocycles. The lowest BCUT2D eigenvalue weighted by Crippen LogP contribution is -2.29. The molecular formula is C26H17ClF2N2O5S. The summed E-state index contributed by atoms with van der Waals surface area (Å²) >= 11 is 7.05. The van der Waals surface area contributed by atoms with Crippen LogP contribution in [0.3, 0.4) is 0 Å². The number of aliphatic hydroxyl groups is 1. The van der Waals surface area contributed by atoms with E-state index in [0.29, 0.717) is 17.2 Å². The molecule has 4 aromatic rings. The van der Waals surface area contributed by atoms with Gasteiger partial charge in [0.15, 0.2) is 16.8 Å². The number of amides is 1. The number of phenolic OH excluding ortho intramolecular Hbond substituents is 1. The number of hydrogen-bond acceptors (Lipinski definition) is 7. The van der Waals surface area contributed by atoms with E-state index < -0.39 is 35.1 Å². The Bertz CT molecular complexity index is 1560. The van der Waals surface area contributed by atoms with Crippen LogP contribution in [0.2, 0.25) is 5.02 Å². The molecular weight excluding hydrogens is 526 g/mol. The number of aliphatic hydroxyl groups excluding tert-OH is 1. The number of nitrogens with zero attached hydrogens (tertiary/aromatic N) is 2. The quantitative estimate of drug-likeness (QED) is 0.183. The van der Waals surface area contributed by atoms with Gasteiger partial charge in [0.1, 0.15) is 17.3 Å². The van der Waals surface area contributed by atoms with E-state index in [-0.39, 0.29) is 38.0 Å². The molecule has 0 spiro atoms. The van der Waals surface area contributed by atoms with E-state index in [1.165, 1.54) is 42.5 Å². The number of anilines is 1. The van der Waals surface area contributed by atoms with Crippen LogP contribution < -0.4 is 9.64 Å². The Kier molecular flexibility index (Phi) is 6.30. The maximum absolute atomic E-state index is 13.8. The van der Waals surface area contributed by atoms with Crippen molar-refractivity contribution < 1.29 is 33.3 Å². The van der Waals surface area contributed by atoms with Gasteiger partial charge in [-0.05, 0) is 48.9 Å². The summed E-state index contributed by atoms with van der Waals surface area (Å²) in [7, 11) is 0. The first kappa shape index (κ1) is 24.7. The molecule has 2 N–H and O–H groups in total. The van der Waals surface area contributed by atoms with Gasteiger partial charge >= 0.3 is 5.91 Å². The average Bonchev–Trinajstić information content (AvgIpc) is 3.38. The Hall–Kier alpha value is -4.02. The standard InChI is InChI=1S/C26H17ClF2N2O5S/c1-2-36-19-9-13(5-8-15(19)27)23(33)21-22(12-3-6-14(32)7-4-12)31(25(35)24(21)34)26-30-18-10-16(28)17(29)11-20(18)37-26/h3-11,22,32-33H,2H2,1H3/b23-21+. The highest BCUT2D eigenvalue weighted by molar-refractivity contribution is 7.22. The van der Waals surface area contributed by atoms with Crippen molar-refractivity contribution in [3.8, 4) is 11.5 Å². The van der Waals surface area contributed by atoms with Crippen LogP contribution >= 0.6 is 22.9 Å². The van der Waals surface area contributed by atoms with Crippen molar-refractivity contribution in [3.05, 3.63) is 88.0 Å². The van der Waals surface area contributed by atoms with Crippen LogP contribution in [0.4, 0.5) is 13.9 Å². The number of Topliss-reactive ketones (excluding diaryl/α,β-unsaturated/α-hetero) is 1. The zero-order chi connectivity index (χ0) is 26.4. The van der Waals surface area contributed by atoms with Crippen molar-refractivity contribution in [3.63, 3.8) is 0 Å². The first-order valence-electron chi connectivity index (χ1n) is 11.0. The molecule has 1 aliphatic rings. The maximum atomic E-state index is 13.8. The number of hydrogen-bond donors (Lipinski definition) is 2. The molecule has 37 heavy (non-hydrogen) atoms. The van der Waals surface area contributed by atoms with Gasteiger partial charge in [0.25, 0.3) is 5.78 Å². The number of thiazole rings is 1. The molecule has 1 amide bonds. The summed E-state index contributed by atoms with van der Waals surface area (Å²) in [6, 6.07) is 10.9. The highest BCUT2D eigenvalue weighted by Gasteiger charge is 2.48. The Morgan fingerprint density at radius 1 is 1.11 bits per heavy atom. The van der Waals surface area contributed by atoms with Crippen molar-refractivity contribution in [1.82, 2.24) is 4.98 Å². The molecule has 0 bridgehead atoms. The van der Waals surface area contributed by atoms with Gasteiger partial charge in [0.2, 0.25) is 0 Å². The molecule has 0 radical (unpaired) electrons. The van der Waals surface area contributed by atoms with Gasteiger partial charge in [0.05, 0.1) is 33.5 Å². The normalized spacial score (nSPS) is 17.1. The second-order valence-electron chi connectivity index (χ2n) is 8.07. The third-order valence-corrected chi connectivity index (χ3v) is 7.11. The number of benzene rings is 3. The SMILES string of the molecule is CCOc1cc(/C(O)=C2\C(=O)C(=O)N(c3nc4cc(F)c(F)cc4s3)C2c2ccc(O)cc2)ccc1Cl. The van der Waals surface area contributed by atoms with Crippen molar-refractivity contribution in [2.24, 2.45) is 0 Å². The van der Waals surface area contributed by atoms with E-state index in [1.807, 2.05) is 0 Å². The number of ether oxygens (including phenoxy) is 1. The van der Waals surface area contributed by atoms with Crippen molar-refractivity contribution in [1.29, 1.82) is 0 Å². The number of aromatic hydroxyl groups is 1. The summed E-state index contributed by atoms with van der Waals surface area (Å²) < 4.78 is 33.4. The monoisotopic (exact) mass is 542 g/mol. The lowest BCUT2D eigenvalue weighted by atomic mass is 9.95. The van der Waals surface area contributed by atoms with Gasteiger partial charge in [-0.25, -0.2) is 13.8 Å². The van der Waals surface area contributed by atoms with E-state index >= 15 is 0 Å². The summed E-state index contributed by atoms with van der Waals surface area (Å²) in [5.41, 5.74) is 0.429. The largest absolute Gasteiger partial charge is 0.508 e. The van der Waals surface area contributed by atoms with E-state index in [1.54, 1.807) is 6.92 Å². The molecule has 5 rings (SSSR count). The summed E-state index contributed by atoms with van der Waals surface area (Å²) in [4.78, 5) is 31.9. The zero-order valence-corrected chi connectivity index (χ0v) is 20.6. The topological polar surface area (TPSA) is 100.0 Å². The smallest absolute Gasteiger partial charge is 0.301 e. The van der Waals surface area contributed by atoms with Crippen LogP contribution in [-0.2, 0) is 9.59 Å². The fourth-order valence-electron chi connectivity index (χ4n) is 4.09. The van der Waals surface area contributed by atoms with Crippen molar-refractivity contribution >= 4 is 55.7 Å². The summed E-state index contributed by atoms with van der Waals surface area (Å²) in [5.74, 6) is -4.40. The van der Waals surface area contributed by atoms with Crippen LogP contribution in [0.15, 0.2) is 60.2 Å². The molecule has 1 unspecified atom stereocenters. The Labute approximate surface area is 217 Å². The van der Waals surface area contributed by atoms with Gasteiger partial charge in [-0.1, -0.05) is 35.1 Å². The number of phenols is 1. The molecule has 7 nitrogen and oxygen atoms in total. The number of carbonyl (C=O) groups is 2. The molecule has 1 aromatic heterocycles. The average molecular weight is 543 g/mol.